The van der Waals surface area contributed by atoms with Crippen molar-refractivity contribution in [2.45, 2.75) is 84.3 Å². The lowest BCUT2D eigenvalue weighted by atomic mass is 9.95. The number of hydrogen-bond donors (Lipinski definition) is 0. The van der Waals surface area contributed by atoms with Gasteiger partial charge in [-0.3, -0.25) is 9.59 Å². The minimum absolute atomic E-state index is 0.00442. The van der Waals surface area contributed by atoms with E-state index in [9.17, 15) is 27.6 Å². The number of ether oxygens (including phenoxy) is 2. The Morgan fingerprint density at radius 1 is 0.641 bits per heavy atom. The fourth-order valence-electron chi connectivity index (χ4n) is 9.25. The van der Waals surface area contributed by atoms with E-state index in [0.717, 1.165) is 22.3 Å². The van der Waals surface area contributed by atoms with E-state index >= 15 is 0 Å². The van der Waals surface area contributed by atoms with Crippen LogP contribution in [0.15, 0.2) is 159 Å². The van der Waals surface area contributed by atoms with E-state index in [-0.39, 0.29) is 36.1 Å². The standard InChI is InChI=1S/C24H23N3O5S.C24H23N3O3S/c1-24(15-26-13-12-25-16-26)22(27-19(28)14-20(27)33(24,30)31)23(29)32-21(17-8-4-2-5-9-17)18-10-6-3-7-11-18;1-24(15-26-13-12-25-16-26)22(27-19(28)14-20(27)31-24)23(29)30-21(17-8-4-2-5-9-17)18-10-6-3-7-11-18/h2-13,16,20-22H,14-15H2,1H3;2-13,16,20-22H,14-15H2,1H3/t2*20?,22?,24-/m00/s1. The summed E-state index contributed by atoms with van der Waals surface area (Å²) >= 11 is 1.68. The van der Waals surface area contributed by atoms with Crippen molar-refractivity contribution in [3.8, 4) is 0 Å². The molecule has 6 heterocycles. The summed E-state index contributed by atoms with van der Waals surface area (Å²) in [4.78, 5) is 63.2. The van der Waals surface area contributed by atoms with Crippen LogP contribution < -0.4 is 0 Å². The Morgan fingerprint density at radius 2 is 1.06 bits per heavy atom. The number of carbonyl (C=O) groups excluding carboxylic acids is 4. The van der Waals surface area contributed by atoms with Crippen molar-refractivity contribution >= 4 is 45.4 Å². The number of rotatable bonds is 12. The summed E-state index contributed by atoms with van der Waals surface area (Å²) in [7, 11) is -3.84. The molecule has 4 aromatic carbocycles. The van der Waals surface area contributed by atoms with Gasteiger partial charge in [0.05, 0.1) is 35.6 Å². The van der Waals surface area contributed by atoms with E-state index in [1.165, 1.54) is 18.2 Å². The number of imidazole rings is 2. The van der Waals surface area contributed by atoms with E-state index in [2.05, 4.69) is 9.97 Å². The van der Waals surface area contributed by atoms with Crippen molar-refractivity contribution in [2.24, 2.45) is 0 Å². The highest BCUT2D eigenvalue weighted by Crippen LogP contribution is 2.52. The Kier molecular flexibility index (Phi) is 11.5. The maximum absolute atomic E-state index is 13.7. The molecule has 16 heteroatoms. The van der Waals surface area contributed by atoms with Gasteiger partial charge >= 0.3 is 11.9 Å². The van der Waals surface area contributed by atoms with Crippen LogP contribution in [-0.4, -0.2) is 93.4 Å². The molecule has 0 saturated carbocycles. The highest BCUT2D eigenvalue weighted by Gasteiger charge is 2.70. The second-order valence-electron chi connectivity index (χ2n) is 16.8. The van der Waals surface area contributed by atoms with Crippen molar-refractivity contribution < 1.29 is 37.1 Å². The van der Waals surface area contributed by atoms with Gasteiger partial charge in [-0.25, -0.2) is 28.0 Å². The summed E-state index contributed by atoms with van der Waals surface area (Å²) in [5.41, 5.74) is 3.30. The van der Waals surface area contributed by atoms with Crippen LogP contribution in [0.3, 0.4) is 0 Å². The summed E-state index contributed by atoms with van der Waals surface area (Å²) in [5, 5.41) is -0.992. The van der Waals surface area contributed by atoms with Crippen LogP contribution in [0.4, 0.5) is 0 Å². The number of benzene rings is 4. The van der Waals surface area contributed by atoms with Crippen LogP contribution >= 0.6 is 11.8 Å². The zero-order valence-electron chi connectivity index (χ0n) is 35.1. The van der Waals surface area contributed by atoms with Gasteiger partial charge in [-0.1, -0.05) is 121 Å². The fourth-order valence-corrected chi connectivity index (χ4v) is 13.4. The Hall–Kier alpha value is -6.52. The SMILES string of the molecule is C[C@@]1(Cn2ccnc2)SC2CC(=O)N2C1C(=O)OC(c1ccccc1)c1ccccc1.C[C@]1(Cn2ccnc2)C(C(=O)OC(c2ccccc2)c2ccccc2)N2C(=O)CC2S1(=O)=O. The molecule has 2 aromatic heterocycles. The summed E-state index contributed by atoms with van der Waals surface area (Å²) < 4.78 is 40.6. The summed E-state index contributed by atoms with van der Waals surface area (Å²) in [5.74, 6) is -1.47. The molecule has 4 aliphatic rings. The Morgan fingerprint density at radius 3 is 1.47 bits per heavy atom. The summed E-state index contributed by atoms with van der Waals surface area (Å²) in [6, 6.07) is 36.0. The average molecular weight is 899 g/mol. The lowest BCUT2D eigenvalue weighted by Gasteiger charge is -2.38. The number of thioether (sulfide) groups is 1. The van der Waals surface area contributed by atoms with E-state index in [4.69, 9.17) is 9.47 Å². The van der Waals surface area contributed by atoms with Crippen LogP contribution in [-0.2, 0) is 51.6 Å². The molecule has 0 N–H and O–H groups in total. The molecule has 0 bridgehead atoms. The number of hydrogen-bond acceptors (Lipinski definition) is 11. The molecule has 328 valence electrons. The molecule has 2 amide bonds. The zero-order valence-corrected chi connectivity index (χ0v) is 36.7. The molecule has 6 aromatic rings. The quantitative estimate of drug-likeness (QED) is 0.105. The highest BCUT2D eigenvalue weighted by atomic mass is 32.2. The van der Waals surface area contributed by atoms with Crippen LogP contribution in [0.1, 0.15) is 61.2 Å². The van der Waals surface area contributed by atoms with Crippen molar-refractivity contribution in [3.05, 3.63) is 181 Å². The van der Waals surface area contributed by atoms with Gasteiger partial charge in [0.1, 0.15) is 16.2 Å². The summed E-state index contributed by atoms with van der Waals surface area (Å²) in [6.07, 6.45) is 9.08. The van der Waals surface area contributed by atoms with Gasteiger partial charge < -0.3 is 28.4 Å². The molecule has 4 fully saturated rings. The normalized spacial score (nSPS) is 25.1. The van der Waals surface area contributed by atoms with E-state index in [1.54, 1.807) is 46.1 Å². The molecule has 4 saturated heterocycles. The molecule has 0 aliphatic carbocycles. The van der Waals surface area contributed by atoms with Gasteiger partial charge in [-0.2, -0.15) is 0 Å². The van der Waals surface area contributed by atoms with E-state index < -0.39 is 55.0 Å². The molecule has 14 nitrogen and oxygen atoms in total. The van der Waals surface area contributed by atoms with E-state index in [1.807, 2.05) is 139 Å². The molecule has 10 rings (SSSR count). The van der Waals surface area contributed by atoms with Crippen LogP contribution in [0.2, 0.25) is 0 Å². The van der Waals surface area contributed by atoms with Gasteiger partial charge in [0.15, 0.2) is 28.1 Å². The number of esters is 2. The monoisotopic (exact) mass is 898 g/mol. The first kappa shape index (κ1) is 42.8. The Balaban J connectivity index is 0.000000162. The zero-order chi connectivity index (χ0) is 44.6. The number of aromatic nitrogens is 4. The van der Waals surface area contributed by atoms with Gasteiger partial charge in [0.25, 0.3) is 0 Å². The minimum Gasteiger partial charge on any atom is -0.451 e. The van der Waals surface area contributed by atoms with Gasteiger partial charge in [0.2, 0.25) is 11.8 Å². The highest BCUT2D eigenvalue weighted by molar-refractivity contribution is 8.01. The second-order valence-corrected chi connectivity index (χ2v) is 21.0. The van der Waals surface area contributed by atoms with Crippen molar-refractivity contribution in [2.75, 3.05) is 0 Å². The lowest BCUT2D eigenvalue weighted by Crippen LogP contribution is -2.58. The molecular weight excluding hydrogens is 853 g/mol. The van der Waals surface area contributed by atoms with Crippen molar-refractivity contribution in [1.29, 1.82) is 0 Å². The van der Waals surface area contributed by atoms with Gasteiger partial charge in [-0.15, -0.1) is 11.8 Å². The number of amides is 2. The van der Waals surface area contributed by atoms with E-state index in [0.29, 0.717) is 13.0 Å². The first-order valence-corrected chi connectivity index (χ1v) is 23.4. The average Bonchev–Trinajstić information content (AvgIpc) is 4.09. The smallest absolute Gasteiger partial charge is 0.331 e. The third-order valence-corrected chi connectivity index (χ3v) is 16.8. The fraction of sp³-hybridized carbons (Fsp3) is 0.292. The number of β-lactam (4-membered cyclic amide) rings is 2. The molecular formula is C48H46N6O8S2. The van der Waals surface area contributed by atoms with Crippen LogP contribution in [0.5, 0.6) is 0 Å². The number of nitrogens with zero attached hydrogens (tertiary/aromatic N) is 6. The van der Waals surface area contributed by atoms with Gasteiger partial charge in [0, 0.05) is 37.9 Å². The second kappa shape index (κ2) is 17.2. The van der Waals surface area contributed by atoms with Crippen molar-refractivity contribution in [3.63, 3.8) is 0 Å². The molecule has 4 unspecified atom stereocenters. The predicted octanol–water partition coefficient (Wildman–Crippen LogP) is 5.98. The maximum atomic E-state index is 13.7. The first-order chi connectivity index (χ1) is 30.9. The third kappa shape index (κ3) is 7.78. The predicted molar refractivity (Wildman–Crippen MR) is 237 cm³/mol. The minimum atomic E-state index is -3.84. The lowest BCUT2D eigenvalue weighted by molar-refractivity contribution is -0.164. The number of sulfone groups is 1. The molecule has 64 heavy (non-hydrogen) atoms. The number of fused-ring (bicyclic) bond motifs is 2. The largest absolute Gasteiger partial charge is 0.451 e. The van der Waals surface area contributed by atoms with Crippen molar-refractivity contribution in [1.82, 2.24) is 28.9 Å². The number of carbonyl (C=O) groups is 4. The Labute approximate surface area is 375 Å². The summed E-state index contributed by atoms with van der Waals surface area (Å²) in [6.45, 7) is 4.10. The van der Waals surface area contributed by atoms with Gasteiger partial charge in [-0.05, 0) is 36.1 Å². The first-order valence-electron chi connectivity index (χ1n) is 20.9. The topological polar surface area (TPSA) is 163 Å². The molecule has 0 spiro atoms. The maximum Gasteiger partial charge on any atom is 0.331 e. The third-order valence-electron chi connectivity index (χ3n) is 12.5. The Bertz CT molecular complexity index is 2650. The van der Waals surface area contributed by atoms with Crippen LogP contribution in [0, 0.1) is 0 Å². The van der Waals surface area contributed by atoms with Crippen LogP contribution in [0.25, 0.3) is 0 Å². The molecule has 6 atom stereocenters. The molecule has 0 radical (unpaired) electrons. The molecule has 4 aliphatic heterocycles.